The van der Waals surface area contributed by atoms with Gasteiger partial charge in [0.05, 0.1) is 31.1 Å². The van der Waals surface area contributed by atoms with Gasteiger partial charge in [0.15, 0.2) is 0 Å². The van der Waals surface area contributed by atoms with Gasteiger partial charge in [-0.15, -0.1) is 0 Å². The Labute approximate surface area is 154 Å². The molecule has 2 aromatic carbocycles. The van der Waals surface area contributed by atoms with Gasteiger partial charge in [-0.05, 0) is 25.1 Å². The van der Waals surface area contributed by atoms with E-state index in [1.807, 2.05) is 43.3 Å². The highest BCUT2D eigenvalue weighted by atomic mass is 35.5. The molecule has 1 saturated heterocycles. The summed E-state index contributed by atoms with van der Waals surface area (Å²) in [5.41, 5.74) is 2.10. The molecule has 24 heavy (non-hydrogen) atoms. The smallest absolute Gasteiger partial charge is 0.243 e. The highest BCUT2D eigenvalue weighted by molar-refractivity contribution is 7.89. The van der Waals surface area contributed by atoms with Crippen LogP contribution >= 0.6 is 11.6 Å². The van der Waals surface area contributed by atoms with E-state index in [-0.39, 0.29) is 12.4 Å². The van der Waals surface area contributed by atoms with Gasteiger partial charge >= 0.3 is 0 Å². The number of hydrogen-bond acceptors (Lipinski definition) is 2. The summed E-state index contributed by atoms with van der Waals surface area (Å²) in [6, 6.07) is 14.8. The maximum atomic E-state index is 12.7. The predicted molar refractivity (Wildman–Crippen MR) is 91.7 cm³/mol. The number of piperazine rings is 1. The maximum absolute atomic E-state index is 12.7. The number of para-hydroxylation sites is 1. The van der Waals surface area contributed by atoms with E-state index in [0.717, 1.165) is 29.4 Å². The van der Waals surface area contributed by atoms with Crippen LogP contribution in [0.25, 0.3) is 0 Å². The lowest BCUT2D eigenvalue weighted by Crippen LogP contribution is -3.10. The summed E-state index contributed by atoms with van der Waals surface area (Å²) in [5, 5.41) is 0.734. The van der Waals surface area contributed by atoms with Gasteiger partial charge in [-0.2, -0.15) is 4.31 Å². The van der Waals surface area contributed by atoms with Crippen LogP contribution in [-0.2, 0) is 10.0 Å². The maximum Gasteiger partial charge on any atom is 0.243 e. The van der Waals surface area contributed by atoms with E-state index in [2.05, 4.69) is 0 Å². The lowest BCUT2D eigenvalue weighted by atomic mass is 10.2. The molecule has 0 unspecified atom stereocenters. The first kappa shape index (κ1) is 19.2. The molecule has 0 saturated carbocycles. The van der Waals surface area contributed by atoms with E-state index in [0.29, 0.717) is 18.0 Å². The van der Waals surface area contributed by atoms with Crippen LogP contribution in [0.5, 0.6) is 0 Å². The van der Waals surface area contributed by atoms with Crippen molar-refractivity contribution in [1.82, 2.24) is 4.31 Å². The van der Waals surface area contributed by atoms with Crippen LogP contribution in [0.1, 0.15) is 5.56 Å². The summed E-state index contributed by atoms with van der Waals surface area (Å²) in [7, 11) is -3.41. The van der Waals surface area contributed by atoms with Crippen LogP contribution in [-0.4, -0.2) is 38.9 Å². The highest BCUT2D eigenvalue weighted by Gasteiger charge is 2.31. The van der Waals surface area contributed by atoms with Crippen LogP contribution in [0, 0.1) is 6.92 Å². The summed E-state index contributed by atoms with van der Waals surface area (Å²) in [5.74, 6) is 0. The predicted octanol–water partition coefficient (Wildman–Crippen LogP) is -1.13. The van der Waals surface area contributed by atoms with Gasteiger partial charge in [-0.25, -0.2) is 8.42 Å². The third-order valence-corrected chi connectivity index (χ3v) is 6.48. The highest BCUT2D eigenvalue weighted by Crippen LogP contribution is 2.19. The van der Waals surface area contributed by atoms with Gasteiger partial charge in [-0.3, -0.25) is 4.90 Å². The summed E-state index contributed by atoms with van der Waals surface area (Å²) < 4.78 is 27.0. The summed E-state index contributed by atoms with van der Waals surface area (Å²) in [4.78, 5) is 1.59. The lowest BCUT2D eigenvalue weighted by molar-refractivity contribution is -0.837. The molecule has 130 valence electrons. The largest absolute Gasteiger partial charge is 1.00 e. The first-order valence-corrected chi connectivity index (χ1v) is 9.47. The van der Waals surface area contributed by atoms with Crippen molar-refractivity contribution in [1.29, 1.82) is 0 Å². The van der Waals surface area contributed by atoms with Crippen LogP contribution in [0.15, 0.2) is 53.4 Å². The number of quaternary nitrogens is 1. The Morgan fingerprint density at radius 2 is 1.58 bits per heavy atom. The Bertz CT molecular complexity index is 786. The van der Waals surface area contributed by atoms with Crippen molar-refractivity contribution in [3.8, 4) is 0 Å². The van der Waals surface area contributed by atoms with Crippen molar-refractivity contribution in [2.75, 3.05) is 26.2 Å². The van der Waals surface area contributed by atoms with Gasteiger partial charge in [0.2, 0.25) is 10.0 Å². The van der Waals surface area contributed by atoms with E-state index in [4.69, 9.17) is 11.6 Å². The number of aryl methyl sites for hydroxylation is 1. The fraction of sp³-hybridized carbons (Fsp3) is 0.294. The molecule has 4 nitrogen and oxygen atoms in total. The van der Waals surface area contributed by atoms with E-state index in [1.54, 1.807) is 16.4 Å². The number of nitrogens with one attached hydrogen (secondary N) is 1. The van der Waals surface area contributed by atoms with Crippen molar-refractivity contribution in [2.45, 2.75) is 11.8 Å². The van der Waals surface area contributed by atoms with E-state index < -0.39 is 10.0 Å². The monoisotopic (exact) mass is 386 g/mol. The second kappa shape index (κ2) is 7.85. The zero-order valence-electron chi connectivity index (χ0n) is 13.4. The minimum Gasteiger partial charge on any atom is -1.00 e. The SMILES string of the molecule is Cc1ccc(S(=O)(=O)N2CC[NH+](c3ccccc3Cl)CC2)cc1.[Cl-]. The van der Waals surface area contributed by atoms with Crippen LogP contribution in [0.2, 0.25) is 5.02 Å². The average molecular weight is 387 g/mol. The molecule has 0 spiro atoms. The van der Waals surface area contributed by atoms with E-state index >= 15 is 0 Å². The fourth-order valence-electron chi connectivity index (χ4n) is 2.87. The standard InChI is InChI=1S/C17H19ClN2O2S.ClH/c1-14-6-8-15(9-7-14)23(21,22)20-12-10-19(11-13-20)17-5-3-2-4-16(17)18;/h2-9H,10-13H2,1H3;1H. The summed E-state index contributed by atoms with van der Waals surface area (Å²) in [6.07, 6.45) is 0. The molecule has 0 amide bonds. The number of rotatable bonds is 3. The number of halogens is 2. The normalized spacial score (nSPS) is 16.6. The minimum absolute atomic E-state index is 0. The molecule has 1 heterocycles. The van der Waals surface area contributed by atoms with Gasteiger partial charge in [-0.1, -0.05) is 41.4 Å². The van der Waals surface area contributed by atoms with Crippen LogP contribution < -0.4 is 17.3 Å². The van der Waals surface area contributed by atoms with Gasteiger partial charge < -0.3 is 12.4 Å². The molecule has 0 radical (unpaired) electrons. The quantitative estimate of drug-likeness (QED) is 0.725. The Morgan fingerprint density at radius 3 is 2.17 bits per heavy atom. The second-order valence-corrected chi connectivity index (χ2v) is 8.15. The Balaban J connectivity index is 0.00000208. The van der Waals surface area contributed by atoms with Crippen molar-refractivity contribution in [3.05, 3.63) is 59.1 Å². The summed E-state index contributed by atoms with van der Waals surface area (Å²) >= 11 is 6.24. The zero-order chi connectivity index (χ0) is 16.4. The van der Waals surface area contributed by atoms with Crippen molar-refractivity contribution < 1.29 is 25.7 Å². The molecule has 1 aliphatic rings. The topological polar surface area (TPSA) is 41.8 Å². The third kappa shape index (κ3) is 3.92. The molecule has 1 aliphatic heterocycles. The Hall–Kier alpha value is -1.11. The molecule has 0 aromatic heterocycles. The molecule has 0 aliphatic carbocycles. The number of benzene rings is 2. The van der Waals surface area contributed by atoms with Gasteiger partial charge in [0, 0.05) is 6.07 Å². The molecule has 1 N–H and O–H groups in total. The molecular weight excluding hydrogens is 367 g/mol. The number of nitrogens with zero attached hydrogens (tertiary/aromatic N) is 1. The Kier molecular flexibility index (Phi) is 6.28. The van der Waals surface area contributed by atoms with Gasteiger partial charge in [0.1, 0.15) is 10.7 Å². The molecule has 0 bridgehead atoms. The first-order valence-electron chi connectivity index (χ1n) is 7.65. The zero-order valence-corrected chi connectivity index (χ0v) is 15.7. The third-order valence-electron chi connectivity index (χ3n) is 4.24. The minimum atomic E-state index is -3.41. The molecule has 2 aromatic rings. The molecule has 1 fully saturated rings. The Morgan fingerprint density at radius 1 is 1.00 bits per heavy atom. The average Bonchev–Trinajstić information content (AvgIpc) is 2.56. The first-order chi connectivity index (χ1) is 11.0. The van der Waals surface area contributed by atoms with Crippen molar-refractivity contribution >= 4 is 27.3 Å². The number of sulfonamides is 1. The van der Waals surface area contributed by atoms with E-state index in [1.165, 1.54) is 4.90 Å². The molecule has 7 heteroatoms. The lowest BCUT2D eigenvalue weighted by Gasteiger charge is -2.31. The number of hydrogen-bond donors (Lipinski definition) is 1. The van der Waals surface area contributed by atoms with Crippen molar-refractivity contribution in [3.63, 3.8) is 0 Å². The van der Waals surface area contributed by atoms with Gasteiger partial charge in [0.25, 0.3) is 0 Å². The summed E-state index contributed by atoms with van der Waals surface area (Å²) in [6.45, 7) is 4.37. The van der Waals surface area contributed by atoms with Crippen LogP contribution in [0.4, 0.5) is 5.69 Å². The molecular formula is C17H20Cl2N2O2S. The van der Waals surface area contributed by atoms with E-state index in [9.17, 15) is 8.42 Å². The van der Waals surface area contributed by atoms with Crippen molar-refractivity contribution in [2.24, 2.45) is 0 Å². The second-order valence-electron chi connectivity index (χ2n) is 5.80. The molecule has 0 atom stereocenters. The van der Waals surface area contributed by atoms with Crippen LogP contribution in [0.3, 0.4) is 0 Å². The molecule has 3 rings (SSSR count). The fourth-order valence-corrected chi connectivity index (χ4v) is 4.58.